The molecule has 1 aliphatic rings. The van der Waals surface area contributed by atoms with Crippen molar-refractivity contribution in [3.8, 4) is 22.6 Å². The maximum Gasteiger partial charge on any atom is 0.161 e. The van der Waals surface area contributed by atoms with Gasteiger partial charge in [0.2, 0.25) is 0 Å². The molecule has 138 valence electrons. The lowest BCUT2D eigenvalue weighted by atomic mass is 9.98. The smallest absolute Gasteiger partial charge is 0.161 e. The Labute approximate surface area is 161 Å². The normalized spacial score (nSPS) is 13.9. The van der Waals surface area contributed by atoms with Crippen molar-refractivity contribution in [3.05, 3.63) is 83.4 Å². The molecule has 1 heterocycles. The highest BCUT2D eigenvalue weighted by atomic mass is 16.5. The molecule has 0 spiro atoms. The number of benzene rings is 3. The number of methoxy groups -OCH3 is 2. The van der Waals surface area contributed by atoms with Gasteiger partial charge in [-0.2, -0.15) is 0 Å². The van der Waals surface area contributed by atoms with Gasteiger partial charge in [-0.05, 0) is 46.4 Å². The van der Waals surface area contributed by atoms with Crippen LogP contribution in [0.25, 0.3) is 11.1 Å². The van der Waals surface area contributed by atoms with Crippen molar-refractivity contribution >= 4 is 0 Å². The number of ether oxygens (including phenoxy) is 2. The Morgan fingerprint density at radius 2 is 1.41 bits per heavy atom. The van der Waals surface area contributed by atoms with Crippen LogP contribution < -0.4 is 9.47 Å². The molecule has 1 aliphatic heterocycles. The average Bonchev–Trinajstić information content (AvgIpc) is 2.74. The molecule has 0 fully saturated rings. The van der Waals surface area contributed by atoms with Gasteiger partial charge in [-0.15, -0.1) is 0 Å². The summed E-state index contributed by atoms with van der Waals surface area (Å²) < 4.78 is 10.9. The molecule has 0 bridgehead atoms. The molecule has 0 N–H and O–H groups in total. The molecule has 3 nitrogen and oxygen atoms in total. The zero-order chi connectivity index (χ0) is 18.6. The van der Waals surface area contributed by atoms with E-state index < -0.39 is 0 Å². The maximum atomic E-state index is 5.47. The summed E-state index contributed by atoms with van der Waals surface area (Å²) in [6.07, 6.45) is 1.04. The highest BCUT2D eigenvalue weighted by Gasteiger charge is 2.19. The molecule has 0 amide bonds. The quantitative estimate of drug-likeness (QED) is 0.645. The minimum atomic E-state index is 0.810. The zero-order valence-electron chi connectivity index (χ0n) is 15.9. The molecular formula is C24H25NO2. The predicted molar refractivity (Wildman–Crippen MR) is 109 cm³/mol. The monoisotopic (exact) mass is 359 g/mol. The second-order valence-electron chi connectivity index (χ2n) is 7.00. The molecular weight excluding hydrogens is 334 g/mol. The van der Waals surface area contributed by atoms with Gasteiger partial charge in [-0.3, -0.25) is 4.90 Å². The second-order valence-corrected chi connectivity index (χ2v) is 7.00. The predicted octanol–water partition coefficient (Wildman–Crippen LogP) is 4.93. The van der Waals surface area contributed by atoms with Gasteiger partial charge < -0.3 is 9.47 Å². The van der Waals surface area contributed by atoms with E-state index in [1.807, 2.05) is 0 Å². The van der Waals surface area contributed by atoms with Gasteiger partial charge in [-0.25, -0.2) is 0 Å². The van der Waals surface area contributed by atoms with Crippen LogP contribution in [-0.4, -0.2) is 25.7 Å². The van der Waals surface area contributed by atoms with E-state index in [9.17, 15) is 0 Å². The van der Waals surface area contributed by atoms with Gasteiger partial charge in [0.25, 0.3) is 0 Å². The number of rotatable bonds is 5. The molecule has 3 heteroatoms. The Hall–Kier alpha value is -2.78. The topological polar surface area (TPSA) is 21.7 Å². The molecule has 0 atom stereocenters. The van der Waals surface area contributed by atoms with Gasteiger partial charge in [0, 0.05) is 19.6 Å². The number of hydrogen-bond donors (Lipinski definition) is 0. The number of nitrogens with zero attached hydrogens (tertiary/aromatic N) is 1. The van der Waals surface area contributed by atoms with E-state index >= 15 is 0 Å². The highest BCUT2D eigenvalue weighted by molar-refractivity contribution is 5.63. The highest BCUT2D eigenvalue weighted by Crippen LogP contribution is 2.33. The number of fused-ring (bicyclic) bond motifs is 1. The molecule has 0 aromatic heterocycles. The third kappa shape index (κ3) is 3.83. The zero-order valence-corrected chi connectivity index (χ0v) is 15.9. The first-order valence-electron chi connectivity index (χ1n) is 9.37. The van der Waals surface area contributed by atoms with E-state index in [-0.39, 0.29) is 0 Å². The summed E-state index contributed by atoms with van der Waals surface area (Å²) in [6, 6.07) is 23.7. The van der Waals surface area contributed by atoms with Crippen LogP contribution in [0.2, 0.25) is 0 Å². The molecule has 0 aliphatic carbocycles. The van der Waals surface area contributed by atoms with Crippen LogP contribution in [0, 0.1) is 0 Å². The first-order chi connectivity index (χ1) is 13.3. The Morgan fingerprint density at radius 1 is 0.778 bits per heavy atom. The maximum absolute atomic E-state index is 5.47. The Morgan fingerprint density at radius 3 is 2.07 bits per heavy atom. The third-order valence-corrected chi connectivity index (χ3v) is 5.26. The number of hydrogen-bond acceptors (Lipinski definition) is 3. The van der Waals surface area contributed by atoms with Crippen LogP contribution in [-0.2, 0) is 19.5 Å². The molecule has 3 aromatic rings. The van der Waals surface area contributed by atoms with Crippen molar-refractivity contribution in [1.29, 1.82) is 0 Å². The fraction of sp³-hybridized carbons (Fsp3) is 0.250. The summed E-state index contributed by atoms with van der Waals surface area (Å²) in [7, 11) is 3.39. The van der Waals surface area contributed by atoms with E-state index in [0.717, 1.165) is 37.6 Å². The van der Waals surface area contributed by atoms with Crippen molar-refractivity contribution in [3.63, 3.8) is 0 Å². The first kappa shape index (κ1) is 17.6. The summed E-state index contributed by atoms with van der Waals surface area (Å²) in [5.74, 6) is 1.63. The van der Waals surface area contributed by atoms with E-state index in [1.165, 1.54) is 27.8 Å². The molecule has 3 aromatic carbocycles. The van der Waals surface area contributed by atoms with Gasteiger partial charge in [0.15, 0.2) is 11.5 Å². The van der Waals surface area contributed by atoms with E-state index in [2.05, 4.69) is 71.6 Å². The van der Waals surface area contributed by atoms with Crippen molar-refractivity contribution in [2.75, 3.05) is 20.8 Å². The minimum absolute atomic E-state index is 0.810. The summed E-state index contributed by atoms with van der Waals surface area (Å²) in [5.41, 5.74) is 6.57. The summed E-state index contributed by atoms with van der Waals surface area (Å²) in [6.45, 7) is 2.96. The van der Waals surface area contributed by atoms with Gasteiger partial charge in [0.1, 0.15) is 0 Å². The fourth-order valence-electron chi connectivity index (χ4n) is 3.77. The Kier molecular flexibility index (Phi) is 5.12. The van der Waals surface area contributed by atoms with E-state index in [4.69, 9.17) is 9.47 Å². The summed E-state index contributed by atoms with van der Waals surface area (Å²) in [5, 5.41) is 0. The van der Waals surface area contributed by atoms with Gasteiger partial charge in [0.05, 0.1) is 14.2 Å². The molecule has 0 saturated carbocycles. The van der Waals surface area contributed by atoms with Crippen molar-refractivity contribution in [2.45, 2.75) is 19.5 Å². The minimum Gasteiger partial charge on any atom is -0.493 e. The SMILES string of the molecule is COc1cc2c(cc1OC)CN(Cc1ccc(-c3ccccc3)cc1)CC2. The fourth-order valence-corrected chi connectivity index (χ4v) is 3.77. The van der Waals surface area contributed by atoms with Crippen LogP contribution in [0.15, 0.2) is 66.7 Å². The molecule has 27 heavy (non-hydrogen) atoms. The largest absolute Gasteiger partial charge is 0.493 e. The molecule has 4 rings (SSSR count). The van der Waals surface area contributed by atoms with Crippen molar-refractivity contribution in [1.82, 2.24) is 4.90 Å². The van der Waals surface area contributed by atoms with Crippen LogP contribution >= 0.6 is 0 Å². The average molecular weight is 359 g/mol. The van der Waals surface area contributed by atoms with Gasteiger partial charge >= 0.3 is 0 Å². The van der Waals surface area contributed by atoms with Crippen LogP contribution in [0.1, 0.15) is 16.7 Å². The second kappa shape index (κ2) is 7.85. The van der Waals surface area contributed by atoms with Crippen molar-refractivity contribution < 1.29 is 9.47 Å². The molecule has 0 unspecified atom stereocenters. The van der Waals surface area contributed by atoms with E-state index in [0.29, 0.717) is 0 Å². The standard InChI is InChI=1S/C24H25NO2/c1-26-23-14-21-12-13-25(17-22(21)15-24(23)27-2)16-18-8-10-20(11-9-18)19-6-4-3-5-7-19/h3-11,14-15H,12-13,16-17H2,1-2H3. The first-order valence-corrected chi connectivity index (χ1v) is 9.37. The Bertz CT molecular complexity index is 904. The lowest BCUT2D eigenvalue weighted by molar-refractivity contribution is 0.244. The van der Waals surface area contributed by atoms with Crippen LogP contribution in [0.3, 0.4) is 0 Å². The lowest BCUT2D eigenvalue weighted by Gasteiger charge is -2.29. The summed E-state index contributed by atoms with van der Waals surface area (Å²) in [4.78, 5) is 2.49. The molecule has 0 saturated heterocycles. The van der Waals surface area contributed by atoms with Crippen LogP contribution in [0.4, 0.5) is 0 Å². The molecule has 0 radical (unpaired) electrons. The van der Waals surface area contributed by atoms with E-state index in [1.54, 1.807) is 14.2 Å². The van der Waals surface area contributed by atoms with Gasteiger partial charge in [-0.1, -0.05) is 54.6 Å². The third-order valence-electron chi connectivity index (χ3n) is 5.26. The van der Waals surface area contributed by atoms with Crippen molar-refractivity contribution in [2.24, 2.45) is 0 Å². The van der Waals surface area contributed by atoms with Crippen LogP contribution in [0.5, 0.6) is 11.5 Å². The summed E-state index contributed by atoms with van der Waals surface area (Å²) >= 11 is 0. The Balaban J connectivity index is 1.47. The lowest BCUT2D eigenvalue weighted by Crippen LogP contribution is -2.30.